The van der Waals surface area contributed by atoms with Gasteiger partial charge in [-0.3, -0.25) is 9.59 Å². The van der Waals surface area contributed by atoms with Crippen molar-refractivity contribution in [1.82, 2.24) is 19.2 Å². The molecule has 3 aromatic rings. The van der Waals surface area contributed by atoms with Gasteiger partial charge in [-0.15, -0.1) is 11.3 Å². The third-order valence-corrected chi connectivity index (χ3v) is 8.56. The molecule has 0 spiro atoms. The van der Waals surface area contributed by atoms with E-state index < -0.39 is 33.6 Å². The van der Waals surface area contributed by atoms with Gasteiger partial charge in [0.1, 0.15) is 16.5 Å². The van der Waals surface area contributed by atoms with Crippen LogP contribution < -0.4 is 4.74 Å². The Morgan fingerprint density at radius 3 is 2.45 bits per heavy atom. The van der Waals surface area contributed by atoms with Crippen LogP contribution in [0.1, 0.15) is 44.0 Å². The first kappa shape index (κ1) is 29.4. The van der Waals surface area contributed by atoms with Gasteiger partial charge in [0.2, 0.25) is 15.9 Å². The zero-order valence-corrected chi connectivity index (χ0v) is 23.5. The molecule has 1 N–H and O–H groups in total. The molecular weight excluding hydrogens is 528 g/mol. The first-order valence-electron chi connectivity index (χ1n) is 11.9. The molecule has 0 saturated heterocycles. The summed E-state index contributed by atoms with van der Waals surface area (Å²) >= 11 is 1.22. The Labute approximate surface area is 227 Å². The Bertz CT molecular complexity index is 1340. The fourth-order valence-electron chi connectivity index (χ4n) is 3.68. The van der Waals surface area contributed by atoms with Crippen LogP contribution in [-0.4, -0.2) is 77.9 Å². The number of pyridine rings is 1. The highest BCUT2D eigenvalue weighted by Gasteiger charge is 2.27. The summed E-state index contributed by atoms with van der Waals surface area (Å²) < 4.78 is 30.4. The topological polar surface area (TPSA) is 130 Å². The van der Waals surface area contributed by atoms with E-state index >= 15 is 0 Å². The zero-order valence-electron chi connectivity index (χ0n) is 21.8. The molecule has 3 rings (SSSR count). The van der Waals surface area contributed by atoms with Crippen LogP contribution in [0.3, 0.4) is 0 Å². The normalized spacial score (nSPS) is 12.4. The number of ether oxygens (including phenoxy) is 1. The van der Waals surface area contributed by atoms with Crippen LogP contribution in [0, 0.1) is 6.92 Å². The Morgan fingerprint density at radius 2 is 1.84 bits per heavy atom. The number of aliphatic hydroxyl groups is 1. The second kappa shape index (κ2) is 13.1. The summed E-state index contributed by atoms with van der Waals surface area (Å²) in [6, 6.07) is 13.0. The number of methoxy groups -OCH3 is 1. The number of Topliss-reactive ketones (excluding diaryl/α,β-unsaturated/α-hetero) is 1. The largest absolute Gasteiger partial charge is 0.481 e. The molecule has 12 heteroatoms. The molecule has 10 nitrogen and oxygen atoms in total. The number of sulfonamides is 1. The fraction of sp³-hybridized carbons (Fsp3) is 0.385. The number of benzene rings is 1. The van der Waals surface area contributed by atoms with Crippen molar-refractivity contribution in [3.05, 3.63) is 75.4 Å². The zero-order chi connectivity index (χ0) is 27.9. The van der Waals surface area contributed by atoms with Gasteiger partial charge in [-0.05, 0) is 31.4 Å². The van der Waals surface area contributed by atoms with E-state index in [9.17, 15) is 23.1 Å². The van der Waals surface area contributed by atoms with E-state index in [1.54, 1.807) is 19.1 Å². The maximum Gasteiger partial charge on any atom is 0.256 e. The van der Waals surface area contributed by atoms with E-state index in [1.807, 2.05) is 30.3 Å². The predicted octanol–water partition coefficient (Wildman–Crippen LogP) is 2.62. The number of hydrogen-bond donors (Lipinski definition) is 1. The molecule has 0 aliphatic carbocycles. The fourth-order valence-corrected chi connectivity index (χ4v) is 5.37. The molecule has 0 fully saturated rings. The predicted molar refractivity (Wildman–Crippen MR) is 145 cm³/mol. The van der Waals surface area contributed by atoms with E-state index in [2.05, 4.69) is 9.97 Å². The minimum absolute atomic E-state index is 0.0630. The van der Waals surface area contributed by atoms with Gasteiger partial charge in [-0.2, -0.15) is 0 Å². The molecule has 1 amide bonds. The van der Waals surface area contributed by atoms with Crippen LogP contribution in [0.15, 0.2) is 48.7 Å². The van der Waals surface area contributed by atoms with Gasteiger partial charge in [0, 0.05) is 43.3 Å². The Morgan fingerprint density at radius 1 is 1.13 bits per heavy atom. The van der Waals surface area contributed by atoms with Gasteiger partial charge in [-0.25, -0.2) is 22.7 Å². The van der Waals surface area contributed by atoms with Crippen LogP contribution in [0.4, 0.5) is 0 Å². The molecular formula is C26H32N4O6S2. The summed E-state index contributed by atoms with van der Waals surface area (Å²) in [7, 11) is 0.467. The Hall–Kier alpha value is -3.19. The molecule has 0 bridgehead atoms. The Kier molecular flexibility index (Phi) is 10.1. The number of carbonyl (C=O) groups is 2. The van der Waals surface area contributed by atoms with Crippen molar-refractivity contribution >= 4 is 33.1 Å². The van der Waals surface area contributed by atoms with Gasteiger partial charge in [0.15, 0.2) is 11.9 Å². The van der Waals surface area contributed by atoms with Crippen molar-refractivity contribution in [3.63, 3.8) is 0 Å². The summed E-state index contributed by atoms with van der Waals surface area (Å²) in [6.45, 7) is 2.09. The molecule has 204 valence electrons. The van der Waals surface area contributed by atoms with Crippen LogP contribution in [0.25, 0.3) is 0 Å². The van der Waals surface area contributed by atoms with Gasteiger partial charge >= 0.3 is 0 Å². The highest BCUT2D eigenvalue weighted by Crippen LogP contribution is 2.23. The van der Waals surface area contributed by atoms with E-state index in [4.69, 9.17) is 4.74 Å². The van der Waals surface area contributed by atoms with Crippen molar-refractivity contribution in [1.29, 1.82) is 0 Å². The molecule has 1 unspecified atom stereocenters. The maximum absolute atomic E-state index is 13.4. The number of hydrogen-bond acceptors (Lipinski definition) is 9. The number of aryl methyl sites for hydroxylation is 2. The summed E-state index contributed by atoms with van der Waals surface area (Å²) in [5, 5.41) is 11.3. The average molecular weight is 561 g/mol. The molecule has 0 saturated carbocycles. The highest BCUT2D eigenvalue weighted by atomic mass is 32.2. The molecule has 38 heavy (non-hydrogen) atoms. The monoisotopic (exact) mass is 560 g/mol. The van der Waals surface area contributed by atoms with Crippen LogP contribution >= 0.6 is 11.3 Å². The first-order valence-corrected chi connectivity index (χ1v) is 14.3. The van der Waals surface area contributed by atoms with Gasteiger partial charge in [0.25, 0.3) is 5.91 Å². The van der Waals surface area contributed by atoms with Gasteiger partial charge in [-0.1, -0.05) is 30.3 Å². The van der Waals surface area contributed by atoms with Crippen molar-refractivity contribution in [2.75, 3.05) is 33.5 Å². The molecule has 0 aliphatic rings. The van der Waals surface area contributed by atoms with Gasteiger partial charge in [0.05, 0.1) is 13.7 Å². The molecule has 0 aliphatic heterocycles. The summed E-state index contributed by atoms with van der Waals surface area (Å²) in [4.78, 5) is 36.6. The lowest BCUT2D eigenvalue weighted by Crippen LogP contribution is -2.36. The number of thiazole rings is 1. The van der Waals surface area contributed by atoms with Crippen molar-refractivity contribution in [2.24, 2.45) is 0 Å². The summed E-state index contributed by atoms with van der Waals surface area (Å²) in [6.07, 6.45) is 1.31. The maximum atomic E-state index is 13.4. The highest BCUT2D eigenvalue weighted by molar-refractivity contribution is 7.89. The average Bonchev–Trinajstić information content (AvgIpc) is 3.27. The number of nitrogens with zero attached hydrogens (tertiary/aromatic N) is 4. The second-order valence-corrected chi connectivity index (χ2v) is 12.3. The second-order valence-electron chi connectivity index (χ2n) is 8.86. The lowest BCUT2D eigenvalue weighted by molar-refractivity contribution is -0.141. The quantitative estimate of drug-likeness (QED) is 0.316. The Balaban J connectivity index is 1.80. The summed E-state index contributed by atoms with van der Waals surface area (Å²) in [5.41, 5.74) is 1.52. The first-order chi connectivity index (χ1) is 18.0. The number of rotatable bonds is 13. The smallest absolute Gasteiger partial charge is 0.256 e. The van der Waals surface area contributed by atoms with Crippen LogP contribution in [0.5, 0.6) is 5.88 Å². The van der Waals surface area contributed by atoms with Crippen molar-refractivity contribution < 1.29 is 27.9 Å². The van der Waals surface area contributed by atoms with Crippen molar-refractivity contribution in [3.8, 4) is 5.88 Å². The SMILES string of the molecule is COc1ccc(C(O)C(=O)N(CCCc2ccccc2)Cc2nc(C(=O)CS(=O)(=O)N(C)C)c(C)s2)cn1. The molecule has 1 atom stereocenters. The van der Waals surface area contributed by atoms with Crippen LogP contribution in [0.2, 0.25) is 0 Å². The third kappa shape index (κ3) is 7.67. The number of aromatic nitrogens is 2. The van der Waals surface area contributed by atoms with E-state index in [0.29, 0.717) is 34.3 Å². The van der Waals surface area contributed by atoms with Gasteiger partial charge < -0.3 is 14.7 Å². The summed E-state index contributed by atoms with van der Waals surface area (Å²) in [5.74, 6) is -1.46. The lowest BCUT2D eigenvalue weighted by atomic mass is 10.1. The molecule has 2 heterocycles. The number of carbonyl (C=O) groups excluding carboxylic acids is 2. The number of amides is 1. The minimum atomic E-state index is -3.74. The van der Waals surface area contributed by atoms with E-state index in [0.717, 1.165) is 16.3 Å². The molecule has 1 aromatic carbocycles. The number of aliphatic hydroxyl groups excluding tert-OH is 1. The molecule has 2 aromatic heterocycles. The third-order valence-electron chi connectivity index (χ3n) is 5.87. The molecule has 0 radical (unpaired) electrons. The number of ketones is 1. The minimum Gasteiger partial charge on any atom is -0.481 e. The van der Waals surface area contributed by atoms with E-state index in [-0.39, 0.29) is 12.2 Å². The van der Waals surface area contributed by atoms with E-state index in [1.165, 1.54) is 43.6 Å². The van der Waals surface area contributed by atoms with Crippen LogP contribution in [-0.2, 0) is 27.8 Å². The standard InChI is InChI=1S/C26H32N4O6S2/c1-18-24(21(31)17-38(34,35)29(2)3)28-23(37-18)16-30(14-8-11-19-9-6-5-7-10-19)26(33)25(32)20-12-13-22(36-4)27-15-20/h5-7,9-10,12-13,15,25,32H,8,11,14,16-17H2,1-4H3. The van der Waals surface area contributed by atoms with Crippen molar-refractivity contribution in [2.45, 2.75) is 32.4 Å². The lowest BCUT2D eigenvalue weighted by Gasteiger charge is -2.24.